The molecule has 0 spiro atoms. The number of nitro groups is 1. The monoisotopic (exact) mass is 473 g/mol. The van der Waals surface area contributed by atoms with Gasteiger partial charge in [-0.15, -0.1) is 0 Å². The molecule has 11 nitrogen and oxygen atoms in total. The molecule has 0 aliphatic carbocycles. The second kappa shape index (κ2) is 10.1. The number of hydrogen-bond acceptors (Lipinski definition) is 10. The van der Waals surface area contributed by atoms with Gasteiger partial charge in [-0.05, 0) is 55.4 Å². The molecule has 1 aliphatic rings. The molecule has 33 heavy (non-hydrogen) atoms. The second-order valence-corrected chi connectivity index (χ2v) is 7.90. The van der Waals surface area contributed by atoms with Crippen molar-refractivity contribution < 1.29 is 33.5 Å². The number of methoxy groups -OCH3 is 1. The molecule has 1 aliphatic heterocycles. The Morgan fingerprint density at radius 3 is 2.70 bits per heavy atom. The second-order valence-electron chi connectivity index (χ2n) is 6.90. The molecule has 12 heteroatoms. The van der Waals surface area contributed by atoms with Crippen molar-refractivity contribution in [3.8, 4) is 17.4 Å². The number of esters is 1. The highest BCUT2D eigenvalue weighted by Crippen LogP contribution is 2.37. The molecule has 2 amide bonds. The highest BCUT2D eigenvalue weighted by molar-refractivity contribution is 8.18. The first kappa shape index (κ1) is 23.7. The van der Waals surface area contributed by atoms with Gasteiger partial charge in [-0.25, -0.2) is 4.98 Å². The van der Waals surface area contributed by atoms with E-state index in [-0.39, 0.29) is 34.1 Å². The molecule has 0 atom stereocenters. The van der Waals surface area contributed by atoms with Crippen LogP contribution in [0.25, 0.3) is 6.08 Å². The van der Waals surface area contributed by atoms with Crippen molar-refractivity contribution in [1.82, 2.24) is 9.88 Å². The number of amides is 2. The fraction of sp³-hybridized carbons (Fsp3) is 0.238. The van der Waals surface area contributed by atoms with Gasteiger partial charge < -0.3 is 14.2 Å². The Morgan fingerprint density at radius 1 is 1.27 bits per heavy atom. The van der Waals surface area contributed by atoms with Gasteiger partial charge in [0.1, 0.15) is 6.54 Å². The Balaban J connectivity index is 1.81. The number of aromatic nitrogens is 1. The maximum absolute atomic E-state index is 12.6. The van der Waals surface area contributed by atoms with E-state index in [4.69, 9.17) is 14.2 Å². The van der Waals surface area contributed by atoms with Gasteiger partial charge in [-0.1, -0.05) is 6.07 Å². The number of imide groups is 1. The summed E-state index contributed by atoms with van der Waals surface area (Å²) < 4.78 is 15.8. The molecule has 1 saturated heterocycles. The van der Waals surface area contributed by atoms with Crippen LogP contribution in [0.15, 0.2) is 41.4 Å². The van der Waals surface area contributed by atoms with E-state index in [1.807, 2.05) is 0 Å². The van der Waals surface area contributed by atoms with Crippen LogP contribution in [0.3, 0.4) is 0 Å². The molecule has 0 bridgehead atoms. The lowest BCUT2D eigenvalue weighted by atomic mass is 10.2. The molecule has 1 aromatic heterocycles. The normalized spacial score (nSPS) is 14.7. The Labute approximate surface area is 192 Å². The number of carbonyl (C=O) groups excluding carboxylic acids is 3. The smallest absolute Gasteiger partial charge is 0.331 e. The van der Waals surface area contributed by atoms with Crippen molar-refractivity contribution in [1.29, 1.82) is 0 Å². The maximum atomic E-state index is 12.6. The van der Waals surface area contributed by atoms with Crippen LogP contribution >= 0.6 is 11.8 Å². The van der Waals surface area contributed by atoms with E-state index in [9.17, 15) is 24.5 Å². The predicted octanol–water partition coefficient (Wildman–Crippen LogP) is 3.78. The van der Waals surface area contributed by atoms with Crippen molar-refractivity contribution in [3.63, 3.8) is 0 Å². The highest BCUT2D eigenvalue weighted by atomic mass is 32.2. The van der Waals surface area contributed by atoms with Gasteiger partial charge in [-0.3, -0.25) is 29.4 Å². The van der Waals surface area contributed by atoms with E-state index < -0.39 is 28.6 Å². The van der Waals surface area contributed by atoms with Gasteiger partial charge in [-0.2, -0.15) is 0 Å². The third kappa shape index (κ3) is 5.66. The number of thioether (sulfide) groups is 1. The Kier molecular flexibility index (Phi) is 7.28. The number of rotatable bonds is 8. The van der Waals surface area contributed by atoms with E-state index in [1.54, 1.807) is 19.9 Å². The number of ether oxygens (including phenoxy) is 3. The van der Waals surface area contributed by atoms with E-state index in [0.29, 0.717) is 17.3 Å². The van der Waals surface area contributed by atoms with Crippen molar-refractivity contribution in [2.45, 2.75) is 20.0 Å². The summed E-state index contributed by atoms with van der Waals surface area (Å²) in [5.41, 5.74) is 0.193. The average Bonchev–Trinajstić information content (AvgIpc) is 3.01. The summed E-state index contributed by atoms with van der Waals surface area (Å²) in [7, 11) is 1.38. The molecule has 3 rings (SSSR count). The summed E-state index contributed by atoms with van der Waals surface area (Å²) in [5.74, 6) is -1.11. The van der Waals surface area contributed by atoms with Crippen LogP contribution < -0.4 is 9.47 Å². The largest absolute Gasteiger partial charge is 0.493 e. The van der Waals surface area contributed by atoms with Crippen LogP contribution in [0.2, 0.25) is 0 Å². The highest BCUT2D eigenvalue weighted by Gasteiger charge is 2.36. The summed E-state index contributed by atoms with van der Waals surface area (Å²) in [6, 6.07) is 7.28. The van der Waals surface area contributed by atoms with Crippen LogP contribution in [0.5, 0.6) is 17.4 Å². The molecule has 172 valence electrons. The Morgan fingerprint density at radius 2 is 2.03 bits per heavy atom. The summed E-state index contributed by atoms with van der Waals surface area (Å²) in [4.78, 5) is 52.0. The van der Waals surface area contributed by atoms with Crippen LogP contribution in [0.4, 0.5) is 10.5 Å². The summed E-state index contributed by atoms with van der Waals surface area (Å²) >= 11 is 0.697. The van der Waals surface area contributed by atoms with Gasteiger partial charge in [0.15, 0.2) is 11.5 Å². The fourth-order valence-electron chi connectivity index (χ4n) is 2.78. The fourth-order valence-corrected chi connectivity index (χ4v) is 3.62. The van der Waals surface area contributed by atoms with E-state index in [0.717, 1.165) is 4.90 Å². The van der Waals surface area contributed by atoms with E-state index in [1.165, 1.54) is 43.6 Å². The molecule has 2 heterocycles. The topological polar surface area (TPSA) is 138 Å². The van der Waals surface area contributed by atoms with Crippen LogP contribution in [-0.2, 0) is 14.3 Å². The minimum absolute atomic E-state index is 0.119. The summed E-state index contributed by atoms with van der Waals surface area (Å²) in [6.45, 7) is 2.86. The Hall–Kier alpha value is -3.93. The average molecular weight is 473 g/mol. The van der Waals surface area contributed by atoms with Gasteiger partial charge in [0, 0.05) is 12.3 Å². The quantitative estimate of drug-likeness (QED) is 0.241. The van der Waals surface area contributed by atoms with E-state index >= 15 is 0 Å². The molecule has 0 unspecified atom stereocenters. The van der Waals surface area contributed by atoms with Crippen molar-refractivity contribution in [2.75, 3.05) is 13.7 Å². The summed E-state index contributed by atoms with van der Waals surface area (Å²) in [5, 5.41) is 10.6. The lowest BCUT2D eigenvalue weighted by Crippen LogP contribution is -2.35. The molecule has 1 aromatic carbocycles. The van der Waals surface area contributed by atoms with Crippen molar-refractivity contribution >= 4 is 40.6 Å². The number of hydrogen-bond donors (Lipinski definition) is 0. The first-order valence-electron chi connectivity index (χ1n) is 9.59. The molecule has 0 N–H and O–H groups in total. The van der Waals surface area contributed by atoms with Crippen LogP contribution in [-0.4, -0.2) is 51.7 Å². The zero-order valence-corrected chi connectivity index (χ0v) is 18.7. The molecule has 0 radical (unpaired) electrons. The molecule has 1 fully saturated rings. The zero-order valence-electron chi connectivity index (χ0n) is 17.8. The number of carbonyl (C=O) groups is 3. The van der Waals surface area contributed by atoms with Gasteiger partial charge in [0.05, 0.1) is 23.0 Å². The standard InChI is InChI=1S/C21H19N3O8S/c1-12(2)31-18(25)11-23-20(26)17(33-21(23)27)10-13-6-7-15(16(9-13)30-3)32-19-14(24(28)29)5-4-8-22-19/h4-10,12H,11H2,1-3H3/b17-10-. The van der Waals surface area contributed by atoms with Gasteiger partial charge in [0.25, 0.3) is 17.0 Å². The zero-order chi connectivity index (χ0) is 24.1. The van der Waals surface area contributed by atoms with Crippen LogP contribution in [0.1, 0.15) is 19.4 Å². The molecule has 0 saturated carbocycles. The third-order valence-electron chi connectivity index (χ3n) is 4.17. The summed E-state index contributed by atoms with van der Waals surface area (Å²) in [6.07, 6.45) is 2.46. The molecular weight excluding hydrogens is 454 g/mol. The van der Waals surface area contributed by atoms with Crippen LogP contribution in [0, 0.1) is 10.1 Å². The van der Waals surface area contributed by atoms with Gasteiger partial charge in [0.2, 0.25) is 0 Å². The first-order valence-corrected chi connectivity index (χ1v) is 10.4. The lowest BCUT2D eigenvalue weighted by molar-refractivity contribution is -0.386. The number of benzene rings is 1. The van der Waals surface area contributed by atoms with E-state index in [2.05, 4.69) is 4.98 Å². The lowest BCUT2D eigenvalue weighted by Gasteiger charge is -2.13. The number of pyridine rings is 1. The first-order chi connectivity index (χ1) is 15.7. The molecule has 2 aromatic rings. The van der Waals surface area contributed by atoms with Crippen molar-refractivity contribution in [3.05, 3.63) is 57.1 Å². The van der Waals surface area contributed by atoms with Crippen molar-refractivity contribution in [2.24, 2.45) is 0 Å². The SMILES string of the molecule is COc1cc(/C=C2\SC(=O)N(CC(=O)OC(C)C)C2=O)ccc1Oc1ncccc1[N+](=O)[O-]. The number of nitrogens with zero attached hydrogens (tertiary/aromatic N) is 3. The minimum atomic E-state index is -0.680. The third-order valence-corrected chi connectivity index (χ3v) is 5.08. The Bertz CT molecular complexity index is 1150. The molecular formula is C21H19N3O8S. The van der Waals surface area contributed by atoms with Gasteiger partial charge >= 0.3 is 11.7 Å². The minimum Gasteiger partial charge on any atom is -0.493 e. The predicted molar refractivity (Wildman–Crippen MR) is 118 cm³/mol. The maximum Gasteiger partial charge on any atom is 0.331 e.